The van der Waals surface area contributed by atoms with Gasteiger partial charge >= 0.3 is 5.97 Å². The molecule has 4 amide bonds. The van der Waals surface area contributed by atoms with Crippen molar-refractivity contribution in [3.63, 3.8) is 0 Å². The zero-order valence-corrected chi connectivity index (χ0v) is 57.6. The predicted molar refractivity (Wildman–Crippen MR) is 368 cm³/mol. The predicted octanol–water partition coefficient (Wildman–Crippen LogP) is 16.6. The van der Waals surface area contributed by atoms with E-state index >= 15 is 0 Å². The summed E-state index contributed by atoms with van der Waals surface area (Å²) >= 11 is 0. The van der Waals surface area contributed by atoms with E-state index in [1.165, 1.54) is 75.3 Å². The minimum Gasteiger partial charge on any atom is -0.484 e. The summed E-state index contributed by atoms with van der Waals surface area (Å²) < 4.78 is 10.4. The van der Waals surface area contributed by atoms with Crippen molar-refractivity contribution < 1.29 is 38.2 Å². The number of anilines is 1. The fourth-order valence-corrected chi connectivity index (χ4v) is 10.2. The van der Waals surface area contributed by atoms with E-state index in [0.717, 1.165) is 106 Å². The maximum atomic E-state index is 13.2. The second-order valence-electron chi connectivity index (χ2n) is 23.6. The molecule has 0 aliphatic heterocycles. The van der Waals surface area contributed by atoms with Gasteiger partial charge in [0.25, 0.3) is 17.7 Å². The van der Waals surface area contributed by atoms with E-state index < -0.39 is 0 Å². The van der Waals surface area contributed by atoms with Gasteiger partial charge in [0, 0.05) is 75.8 Å². The summed E-state index contributed by atoms with van der Waals surface area (Å²) in [5.74, 6) is 2.14. The van der Waals surface area contributed by atoms with Crippen LogP contribution >= 0.6 is 0 Å². The van der Waals surface area contributed by atoms with E-state index in [4.69, 9.17) is 9.47 Å². The van der Waals surface area contributed by atoms with Crippen molar-refractivity contribution in [1.29, 1.82) is 0 Å². The molecule has 13 nitrogen and oxygen atoms in total. The van der Waals surface area contributed by atoms with Crippen molar-refractivity contribution >= 4 is 41.1 Å². The number of Topliss-reactive ketones (excluding diaryl/α,β-unsaturated/α-hetero) is 1. The number of benzene rings is 4. The molecule has 1 saturated carbocycles. The summed E-state index contributed by atoms with van der Waals surface area (Å²) in [6.07, 6.45) is 22.8. The number of esters is 1. The Labute approximate surface area is 534 Å². The molecule has 0 radical (unpaired) electrons. The number of carbonyl (C=O) groups excluding carboxylic acids is 6. The third kappa shape index (κ3) is 33.3. The molecule has 0 aromatic heterocycles. The van der Waals surface area contributed by atoms with E-state index in [2.05, 4.69) is 75.6 Å². The zero-order chi connectivity index (χ0) is 65.7. The SMILES string of the molecule is CCCCC(CC)CNC(=O)c1ccccc1-c1ccccc1C(=O)NCC(CC)CCCC.CCCCCCCCc1ccc(N(C)C(=O)CC)cc1.CCN(CC)C(=O)COc1ccc(C)cc1C.CCOC(=O)C(C)CN(C)C.O=C1CCCC1. The molecule has 1 fully saturated rings. The van der Waals surface area contributed by atoms with Crippen molar-refractivity contribution in [3.8, 4) is 16.9 Å². The summed E-state index contributed by atoms with van der Waals surface area (Å²) in [6.45, 7) is 28.7. The standard InChI is InChI=1S/C30H44N2O2.C18H29NO.C14H21NO2.C8H17NO2.C5H8O/c1-5-9-15-23(7-3)21-31-29(33)27-19-13-11-17-25(27)26-18-12-14-20-28(26)30(34)32-22-24(8-4)16-10-6-2;1-4-6-7-8-9-10-11-16-12-14-17(15-13-16)19(3)18(20)5-2;1-5-15(6-2)14(16)10-17-13-8-7-11(3)9-12(13)4;1-5-11-8(10)7(2)6-9(3)4;6-5-3-1-2-4-5/h11-14,17-20,23-24H,5-10,15-16,21-22H2,1-4H3,(H,31,33)(H,32,34);12-15H,4-11H2,1-3H3;7-9H,5-6,10H2,1-4H3;7H,5-6H2,1-4H3;1-4H2. The van der Waals surface area contributed by atoms with Crippen LogP contribution in [0.1, 0.15) is 229 Å². The summed E-state index contributed by atoms with van der Waals surface area (Å²) in [4.78, 5) is 76.4. The number of ketones is 1. The van der Waals surface area contributed by atoms with Gasteiger partial charge in [0.2, 0.25) is 5.91 Å². The Morgan fingerprint density at radius 2 is 1.09 bits per heavy atom. The van der Waals surface area contributed by atoms with Gasteiger partial charge in [-0.3, -0.25) is 28.8 Å². The van der Waals surface area contributed by atoms with Gasteiger partial charge < -0.3 is 34.8 Å². The summed E-state index contributed by atoms with van der Waals surface area (Å²) in [7, 11) is 5.72. The molecule has 88 heavy (non-hydrogen) atoms. The third-order valence-electron chi connectivity index (χ3n) is 15.9. The topological polar surface area (TPSA) is 155 Å². The lowest BCUT2D eigenvalue weighted by atomic mass is 9.94. The van der Waals surface area contributed by atoms with Crippen LogP contribution in [0.2, 0.25) is 0 Å². The highest BCUT2D eigenvalue weighted by Gasteiger charge is 2.20. The van der Waals surface area contributed by atoms with Crippen molar-refractivity contribution in [2.24, 2.45) is 17.8 Å². The molecule has 4 aromatic rings. The zero-order valence-electron chi connectivity index (χ0n) is 57.6. The van der Waals surface area contributed by atoms with E-state index in [0.29, 0.717) is 54.9 Å². The van der Waals surface area contributed by atoms with Gasteiger partial charge in [0.1, 0.15) is 11.5 Å². The van der Waals surface area contributed by atoms with Gasteiger partial charge in [-0.05, 0) is 152 Å². The van der Waals surface area contributed by atoms with Crippen LogP contribution in [0.15, 0.2) is 91.0 Å². The molecule has 0 heterocycles. The van der Waals surface area contributed by atoms with Crippen LogP contribution in [0, 0.1) is 31.6 Å². The number of nitrogens with one attached hydrogen (secondary N) is 2. The van der Waals surface area contributed by atoms with Gasteiger partial charge in [0.15, 0.2) is 6.61 Å². The van der Waals surface area contributed by atoms with E-state index in [9.17, 15) is 28.8 Å². The minimum atomic E-state index is -0.110. The van der Waals surface area contributed by atoms with Gasteiger partial charge in [-0.1, -0.05) is 185 Å². The Balaban J connectivity index is 0.000000609. The number of nitrogens with zero attached hydrogens (tertiary/aromatic N) is 3. The molecule has 2 N–H and O–H groups in total. The molecule has 1 aliphatic carbocycles. The number of rotatable bonds is 33. The maximum Gasteiger partial charge on any atom is 0.309 e. The van der Waals surface area contributed by atoms with E-state index in [1.54, 1.807) is 9.80 Å². The summed E-state index contributed by atoms with van der Waals surface area (Å²) in [5, 5.41) is 6.29. The molecule has 1 aliphatic rings. The van der Waals surface area contributed by atoms with E-state index in [-0.39, 0.29) is 42.1 Å². The lowest BCUT2D eigenvalue weighted by molar-refractivity contribution is -0.147. The van der Waals surface area contributed by atoms with Crippen LogP contribution in [0.4, 0.5) is 5.69 Å². The van der Waals surface area contributed by atoms with Crippen LogP contribution in [0.25, 0.3) is 11.1 Å². The first-order chi connectivity index (χ1) is 42.3. The number of hydrogen-bond acceptors (Lipinski definition) is 9. The molecule has 13 heteroatoms. The maximum absolute atomic E-state index is 13.2. The lowest BCUT2D eigenvalue weighted by Gasteiger charge is -2.19. The van der Waals surface area contributed by atoms with Gasteiger partial charge in [-0.25, -0.2) is 0 Å². The first-order valence-corrected chi connectivity index (χ1v) is 33.7. The number of likely N-dealkylation sites (N-methyl/N-ethyl adjacent to an activating group) is 1. The first-order valence-electron chi connectivity index (χ1n) is 33.7. The number of aryl methyl sites for hydroxylation is 3. The van der Waals surface area contributed by atoms with Crippen molar-refractivity contribution in [1.82, 2.24) is 20.4 Å². The van der Waals surface area contributed by atoms with Crippen molar-refractivity contribution in [2.75, 3.05) is 72.0 Å². The Hall–Kier alpha value is -6.34. The Bertz CT molecular complexity index is 2480. The molecule has 0 spiro atoms. The molecule has 3 atom stereocenters. The second kappa shape index (κ2) is 48.6. The number of hydrogen-bond donors (Lipinski definition) is 2. The molecule has 4 aromatic carbocycles. The highest BCUT2D eigenvalue weighted by Crippen LogP contribution is 2.28. The molecular formula is C75H119N5O8. The summed E-state index contributed by atoms with van der Waals surface area (Å²) in [5.41, 5.74) is 7.45. The Kier molecular flexibility index (Phi) is 44.0. The van der Waals surface area contributed by atoms with Crippen LogP contribution in [0.3, 0.4) is 0 Å². The largest absolute Gasteiger partial charge is 0.484 e. The normalized spacial score (nSPS) is 12.4. The monoisotopic (exact) mass is 1220 g/mol. The molecule has 3 unspecified atom stereocenters. The quantitative estimate of drug-likeness (QED) is 0.0350. The van der Waals surface area contributed by atoms with Crippen LogP contribution < -0.4 is 20.3 Å². The second-order valence-corrected chi connectivity index (χ2v) is 23.6. The van der Waals surface area contributed by atoms with E-state index in [1.807, 2.05) is 135 Å². The highest BCUT2D eigenvalue weighted by atomic mass is 16.5. The minimum absolute atomic E-state index is 0.0232. The molecule has 0 saturated heterocycles. The third-order valence-corrected chi connectivity index (χ3v) is 15.9. The number of amides is 4. The Morgan fingerprint density at radius 3 is 1.52 bits per heavy atom. The molecule has 5 rings (SSSR count). The molecular weight excluding hydrogens is 1100 g/mol. The lowest BCUT2D eigenvalue weighted by Crippen LogP contribution is -2.34. The number of ether oxygens (including phenoxy) is 2. The van der Waals surface area contributed by atoms with Crippen LogP contribution in [0.5, 0.6) is 5.75 Å². The van der Waals surface area contributed by atoms with Gasteiger partial charge in [0.05, 0.1) is 12.5 Å². The average Bonchev–Trinajstić information content (AvgIpc) is 1.65. The van der Waals surface area contributed by atoms with Gasteiger partial charge in [-0.15, -0.1) is 0 Å². The highest BCUT2D eigenvalue weighted by molar-refractivity contribution is 6.06. The first kappa shape index (κ1) is 79.7. The molecule has 492 valence electrons. The van der Waals surface area contributed by atoms with Gasteiger partial charge in [-0.2, -0.15) is 0 Å². The fraction of sp³-hybridized carbons (Fsp3) is 0.600. The molecule has 0 bridgehead atoms. The average molecular weight is 1220 g/mol. The number of carbonyl (C=O) groups is 6. The van der Waals surface area contributed by atoms with Crippen molar-refractivity contribution in [2.45, 2.75) is 212 Å². The fourth-order valence-electron chi connectivity index (χ4n) is 10.2. The Morgan fingerprint density at radius 1 is 0.591 bits per heavy atom. The van der Waals surface area contributed by atoms with Crippen LogP contribution in [-0.2, 0) is 30.3 Å². The van der Waals surface area contributed by atoms with Crippen molar-refractivity contribution in [3.05, 3.63) is 119 Å². The smallest absolute Gasteiger partial charge is 0.309 e. The van der Waals surface area contributed by atoms with Crippen LogP contribution in [-0.4, -0.2) is 112 Å². The number of unbranched alkanes of at least 4 members (excludes halogenated alkanes) is 7. The summed E-state index contributed by atoms with van der Waals surface area (Å²) in [6, 6.07) is 29.6.